The Labute approximate surface area is 121 Å². The number of hydrogen-bond acceptors (Lipinski definition) is 2. The Morgan fingerprint density at radius 3 is 2.55 bits per heavy atom. The molecule has 0 aromatic heterocycles. The lowest BCUT2D eigenvalue weighted by molar-refractivity contribution is -0.120. The summed E-state index contributed by atoms with van der Waals surface area (Å²) in [5.74, 6) is 0.250. The molecule has 0 aliphatic carbocycles. The smallest absolute Gasteiger partial charge is 0.227 e. The summed E-state index contributed by atoms with van der Waals surface area (Å²) < 4.78 is 0. The second kappa shape index (κ2) is 5.39. The molecule has 0 saturated carbocycles. The van der Waals surface area contributed by atoms with E-state index in [9.17, 15) is 9.59 Å². The van der Waals surface area contributed by atoms with Crippen LogP contribution in [0.4, 0.5) is 5.69 Å². The summed E-state index contributed by atoms with van der Waals surface area (Å²) in [5.41, 5.74) is 2.82. The summed E-state index contributed by atoms with van der Waals surface area (Å²) in [4.78, 5) is 25.8. The Balaban J connectivity index is 2.29. The van der Waals surface area contributed by atoms with Gasteiger partial charge in [0.15, 0.2) is 5.78 Å². The Morgan fingerprint density at radius 1 is 1.25 bits per heavy atom. The second-order valence-electron chi connectivity index (χ2n) is 6.79. The first-order valence-electron chi connectivity index (χ1n) is 7.22. The summed E-state index contributed by atoms with van der Waals surface area (Å²) >= 11 is 0. The van der Waals surface area contributed by atoms with Gasteiger partial charge in [-0.25, -0.2) is 0 Å². The molecule has 0 atom stereocenters. The maximum absolute atomic E-state index is 12.5. The van der Waals surface area contributed by atoms with E-state index in [4.69, 9.17) is 0 Å². The molecule has 2 rings (SSSR count). The summed E-state index contributed by atoms with van der Waals surface area (Å²) in [6.45, 7) is 8.59. The molecule has 3 nitrogen and oxygen atoms in total. The van der Waals surface area contributed by atoms with Gasteiger partial charge in [0.2, 0.25) is 5.91 Å². The van der Waals surface area contributed by atoms with Gasteiger partial charge in [-0.05, 0) is 48.9 Å². The number of aryl methyl sites for hydroxylation is 1. The highest BCUT2D eigenvalue weighted by molar-refractivity contribution is 5.98. The van der Waals surface area contributed by atoms with Gasteiger partial charge in [-0.3, -0.25) is 9.59 Å². The lowest BCUT2D eigenvalue weighted by Crippen LogP contribution is -2.37. The quantitative estimate of drug-likeness (QED) is 0.772. The van der Waals surface area contributed by atoms with E-state index in [1.807, 2.05) is 23.1 Å². The van der Waals surface area contributed by atoms with Crippen molar-refractivity contribution < 1.29 is 9.59 Å². The fourth-order valence-electron chi connectivity index (χ4n) is 2.62. The molecule has 0 bridgehead atoms. The highest BCUT2D eigenvalue weighted by atomic mass is 16.2. The van der Waals surface area contributed by atoms with Gasteiger partial charge in [0.05, 0.1) is 0 Å². The maximum Gasteiger partial charge on any atom is 0.227 e. The minimum atomic E-state index is -0.00593. The minimum Gasteiger partial charge on any atom is -0.312 e. The average molecular weight is 273 g/mol. The highest BCUT2D eigenvalue weighted by Gasteiger charge is 2.26. The van der Waals surface area contributed by atoms with Crippen molar-refractivity contribution in [3.8, 4) is 0 Å². The number of benzene rings is 1. The van der Waals surface area contributed by atoms with Crippen LogP contribution in [-0.2, 0) is 11.2 Å². The number of fused-ring (bicyclic) bond motifs is 1. The molecule has 1 aromatic rings. The van der Waals surface area contributed by atoms with Crippen molar-refractivity contribution in [3.05, 3.63) is 29.3 Å². The fraction of sp³-hybridized carbons (Fsp3) is 0.529. The number of anilines is 1. The van der Waals surface area contributed by atoms with Crippen molar-refractivity contribution >= 4 is 17.4 Å². The van der Waals surface area contributed by atoms with Gasteiger partial charge < -0.3 is 4.90 Å². The number of nitrogens with zero attached hydrogens (tertiary/aromatic N) is 1. The Bertz CT molecular complexity index is 540. The average Bonchev–Trinajstić information content (AvgIpc) is 2.35. The molecule has 0 N–H and O–H groups in total. The Hall–Kier alpha value is -1.64. The summed E-state index contributed by atoms with van der Waals surface area (Å²) in [6, 6.07) is 5.68. The lowest BCUT2D eigenvalue weighted by Gasteiger charge is -2.32. The van der Waals surface area contributed by atoms with E-state index >= 15 is 0 Å². The largest absolute Gasteiger partial charge is 0.312 e. The van der Waals surface area contributed by atoms with E-state index in [1.165, 1.54) is 0 Å². The number of amides is 1. The number of carbonyl (C=O) groups is 2. The van der Waals surface area contributed by atoms with Crippen LogP contribution in [0.25, 0.3) is 0 Å². The first-order valence-corrected chi connectivity index (χ1v) is 7.22. The van der Waals surface area contributed by atoms with Crippen LogP contribution in [0.15, 0.2) is 18.2 Å². The third-order valence-electron chi connectivity index (χ3n) is 3.59. The Morgan fingerprint density at radius 2 is 1.95 bits per heavy atom. The molecule has 1 heterocycles. The number of ketones is 1. The van der Waals surface area contributed by atoms with E-state index < -0.39 is 0 Å². The zero-order valence-corrected chi connectivity index (χ0v) is 12.8. The molecule has 1 aromatic carbocycles. The van der Waals surface area contributed by atoms with Gasteiger partial charge in [0, 0.05) is 24.2 Å². The first kappa shape index (κ1) is 14.8. The van der Waals surface area contributed by atoms with Gasteiger partial charge in [0.25, 0.3) is 0 Å². The van der Waals surface area contributed by atoms with Crippen molar-refractivity contribution in [2.45, 2.75) is 47.0 Å². The summed E-state index contributed by atoms with van der Waals surface area (Å²) in [6.07, 6.45) is 2.45. The molecular weight excluding hydrogens is 250 g/mol. The van der Waals surface area contributed by atoms with Crippen LogP contribution in [0.2, 0.25) is 0 Å². The number of Topliss-reactive ketones (excluding diaryl/α,β-unsaturated/α-hetero) is 1. The van der Waals surface area contributed by atoms with Crippen LogP contribution in [0, 0.1) is 5.41 Å². The second-order valence-corrected chi connectivity index (χ2v) is 6.79. The molecule has 108 valence electrons. The maximum atomic E-state index is 12.5. The zero-order chi connectivity index (χ0) is 14.9. The van der Waals surface area contributed by atoms with Crippen LogP contribution in [0.3, 0.4) is 0 Å². The predicted octanol–water partition coefficient (Wildman–Crippen LogP) is 3.60. The molecule has 1 aliphatic rings. The lowest BCUT2D eigenvalue weighted by atomic mass is 9.90. The standard InChI is InChI=1S/C17H23NO2/c1-12(19)13-7-8-15-14(10-13)6-5-9-18(15)16(20)11-17(2,3)4/h7-8,10H,5-6,9,11H2,1-4H3. The molecule has 20 heavy (non-hydrogen) atoms. The minimum absolute atomic E-state index is 0.00593. The van der Waals surface area contributed by atoms with Crippen molar-refractivity contribution in [2.24, 2.45) is 5.41 Å². The molecule has 3 heteroatoms. The van der Waals surface area contributed by atoms with E-state index in [-0.39, 0.29) is 17.1 Å². The van der Waals surface area contributed by atoms with Gasteiger partial charge in [-0.2, -0.15) is 0 Å². The van der Waals surface area contributed by atoms with E-state index in [0.29, 0.717) is 6.42 Å². The van der Waals surface area contributed by atoms with E-state index in [0.717, 1.165) is 36.2 Å². The number of hydrogen-bond donors (Lipinski definition) is 0. The molecule has 0 unspecified atom stereocenters. The topological polar surface area (TPSA) is 37.4 Å². The number of carbonyl (C=O) groups excluding carboxylic acids is 2. The first-order chi connectivity index (χ1) is 9.28. The SMILES string of the molecule is CC(=O)c1ccc2c(c1)CCCN2C(=O)CC(C)(C)C. The highest BCUT2D eigenvalue weighted by Crippen LogP contribution is 2.30. The number of rotatable bonds is 2. The van der Waals surface area contributed by atoms with Crippen molar-refractivity contribution in [1.82, 2.24) is 0 Å². The summed E-state index contributed by atoms with van der Waals surface area (Å²) in [5, 5.41) is 0. The normalized spacial score (nSPS) is 14.9. The van der Waals surface area contributed by atoms with Gasteiger partial charge >= 0.3 is 0 Å². The fourth-order valence-corrected chi connectivity index (χ4v) is 2.62. The van der Waals surface area contributed by atoms with Crippen LogP contribution >= 0.6 is 0 Å². The van der Waals surface area contributed by atoms with Crippen LogP contribution in [0.5, 0.6) is 0 Å². The molecular formula is C17H23NO2. The molecule has 0 spiro atoms. The van der Waals surface area contributed by atoms with Crippen molar-refractivity contribution in [2.75, 3.05) is 11.4 Å². The van der Waals surface area contributed by atoms with E-state index in [1.54, 1.807) is 6.92 Å². The van der Waals surface area contributed by atoms with E-state index in [2.05, 4.69) is 20.8 Å². The van der Waals surface area contributed by atoms with Gasteiger partial charge in [0.1, 0.15) is 0 Å². The van der Waals surface area contributed by atoms with Gasteiger partial charge in [-0.15, -0.1) is 0 Å². The third kappa shape index (κ3) is 3.27. The molecule has 0 saturated heterocycles. The zero-order valence-electron chi connectivity index (χ0n) is 12.8. The van der Waals surface area contributed by atoms with Crippen molar-refractivity contribution in [1.29, 1.82) is 0 Å². The molecule has 1 amide bonds. The molecule has 0 radical (unpaired) electrons. The third-order valence-corrected chi connectivity index (χ3v) is 3.59. The molecule has 1 aliphatic heterocycles. The van der Waals surface area contributed by atoms with Crippen LogP contribution in [0.1, 0.15) is 56.5 Å². The van der Waals surface area contributed by atoms with Crippen molar-refractivity contribution in [3.63, 3.8) is 0 Å². The van der Waals surface area contributed by atoms with Crippen LogP contribution < -0.4 is 4.90 Å². The molecule has 0 fully saturated rings. The predicted molar refractivity (Wildman–Crippen MR) is 81.2 cm³/mol. The van der Waals surface area contributed by atoms with Gasteiger partial charge in [-0.1, -0.05) is 20.8 Å². The Kier molecular flexibility index (Phi) is 3.98. The monoisotopic (exact) mass is 273 g/mol. The van der Waals surface area contributed by atoms with Crippen LogP contribution in [-0.4, -0.2) is 18.2 Å². The summed E-state index contributed by atoms with van der Waals surface area (Å²) in [7, 11) is 0.